The molecule has 104 valence electrons. The standard InChI is InChI=1S/C13H25N3O2/c1-11(2)8-14-9-12-10-15-13(16-12)4-5-18-7-6-17-3/h10-11,14H,4-9H2,1-3H3,(H,15,16). The molecule has 1 aromatic heterocycles. The van der Waals surface area contributed by atoms with Crippen LogP contribution in [0.25, 0.3) is 0 Å². The number of hydrogen-bond acceptors (Lipinski definition) is 4. The first-order valence-corrected chi connectivity index (χ1v) is 6.52. The van der Waals surface area contributed by atoms with Gasteiger partial charge in [0.2, 0.25) is 0 Å². The second-order valence-corrected chi connectivity index (χ2v) is 4.74. The predicted octanol–water partition coefficient (Wildman–Crippen LogP) is 1.36. The van der Waals surface area contributed by atoms with Gasteiger partial charge in [0.05, 0.1) is 19.8 Å². The smallest absolute Gasteiger partial charge is 0.108 e. The van der Waals surface area contributed by atoms with Crippen LogP contribution >= 0.6 is 0 Å². The number of imidazole rings is 1. The van der Waals surface area contributed by atoms with Crippen LogP contribution in [0.3, 0.4) is 0 Å². The van der Waals surface area contributed by atoms with Crippen molar-refractivity contribution >= 4 is 0 Å². The molecule has 0 radical (unpaired) electrons. The number of aromatic amines is 1. The maximum atomic E-state index is 5.40. The lowest BCUT2D eigenvalue weighted by molar-refractivity contribution is 0.0717. The maximum Gasteiger partial charge on any atom is 0.108 e. The zero-order chi connectivity index (χ0) is 13.2. The summed E-state index contributed by atoms with van der Waals surface area (Å²) in [5.41, 5.74) is 1.13. The summed E-state index contributed by atoms with van der Waals surface area (Å²) in [6, 6.07) is 0. The van der Waals surface area contributed by atoms with Gasteiger partial charge in [-0.25, -0.2) is 4.98 Å². The Bertz CT molecular complexity index is 313. The molecule has 2 N–H and O–H groups in total. The molecule has 5 nitrogen and oxygen atoms in total. The third kappa shape index (κ3) is 6.74. The fourth-order valence-electron chi connectivity index (χ4n) is 1.53. The number of nitrogens with one attached hydrogen (secondary N) is 2. The van der Waals surface area contributed by atoms with Crippen LogP contribution < -0.4 is 5.32 Å². The second-order valence-electron chi connectivity index (χ2n) is 4.74. The predicted molar refractivity (Wildman–Crippen MR) is 71.5 cm³/mol. The van der Waals surface area contributed by atoms with Crippen molar-refractivity contribution in [3.05, 3.63) is 17.7 Å². The van der Waals surface area contributed by atoms with E-state index in [2.05, 4.69) is 29.1 Å². The summed E-state index contributed by atoms with van der Waals surface area (Å²) < 4.78 is 10.3. The van der Waals surface area contributed by atoms with E-state index >= 15 is 0 Å². The van der Waals surface area contributed by atoms with Crippen molar-refractivity contribution in [1.29, 1.82) is 0 Å². The first kappa shape index (κ1) is 15.1. The van der Waals surface area contributed by atoms with E-state index in [9.17, 15) is 0 Å². The van der Waals surface area contributed by atoms with Crippen molar-refractivity contribution in [3.63, 3.8) is 0 Å². The average Bonchev–Trinajstić information content (AvgIpc) is 2.76. The molecule has 5 heteroatoms. The molecular formula is C13H25N3O2. The number of hydrogen-bond donors (Lipinski definition) is 2. The van der Waals surface area contributed by atoms with Gasteiger partial charge in [0.15, 0.2) is 0 Å². The summed E-state index contributed by atoms with van der Waals surface area (Å²) in [4.78, 5) is 7.62. The summed E-state index contributed by atoms with van der Waals surface area (Å²) in [6.45, 7) is 8.22. The molecule has 0 saturated heterocycles. The molecule has 0 aromatic carbocycles. The summed E-state index contributed by atoms with van der Waals surface area (Å²) in [7, 11) is 1.67. The van der Waals surface area contributed by atoms with Crippen molar-refractivity contribution in [2.24, 2.45) is 5.92 Å². The third-order valence-corrected chi connectivity index (χ3v) is 2.46. The monoisotopic (exact) mass is 255 g/mol. The fourth-order valence-corrected chi connectivity index (χ4v) is 1.53. The lowest BCUT2D eigenvalue weighted by Gasteiger charge is -2.05. The SMILES string of the molecule is COCCOCCc1ncc(CNCC(C)C)[nH]1. The Balaban J connectivity index is 2.13. The Kier molecular flexibility index (Phi) is 7.64. The van der Waals surface area contributed by atoms with Crippen LogP contribution in [-0.2, 0) is 22.4 Å². The first-order valence-electron chi connectivity index (χ1n) is 6.52. The molecule has 1 aromatic rings. The average molecular weight is 255 g/mol. The number of rotatable bonds is 10. The Hall–Kier alpha value is -0.910. The highest BCUT2D eigenvalue weighted by Crippen LogP contribution is 1.99. The van der Waals surface area contributed by atoms with Crippen LogP contribution in [-0.4, -0.2) is 43.4 Å². The Morgan fingerprint density at radius 2 is 2.17 bits per heavy atom. The van der Waals surface area contributed by atoms with E-state index in [0.29, 0.717) is 25.7 Å². The summed E-state index contributed by atoms with van der Waals surface area (Å²) >= 11 is 0. The van der Waals surface area contributed by atoms with Gasteiger partial charge in [-0.05, 0) is 12.5 Å². The van der Waals surface area contributed by atoms with Crippen LogP contribution in [0.1, 0.15) is 25.4 Å². The number of ether oxygens (including phenoxy) is 2. The van der Waals surface area contributed by atoms with Gasteiger partial charge in [-0.2, -0.15) is 0 Å². The molecule has 0 aliphatic heterocycles. The molecule has 0 spiro atoms. The van der Waals surface area contributed by atoms with Crippen LogP contribution in [0.15, 0.2) is 6.20 Å². The molecule has 0 amide bonds. The zero-order valence-electron chi connectivity index (χ0n) is 11.7. The van der Waals surface area contributed by atoms with E-state index in [1.54, 1.807) is 7.11 Å². The minimum Gasteiger partial charge on any atom is -0.382 e. The molecule has 1 rings (SSSR count). The van der Waals surface area contributed by atoms with Crippen molar-refractivity contribution < 1.29 is 9.47 Å². The second kappa shape index (κ2) is 9.08. The number of methoxy groups -OCH3 is 1. The largest absolute Gasteiger partial charge is 0.382 e. The first-order chi connectivity index (χ1) is 8.72. The van der Waals surface area contributed by atoms with Crippen LogP contribution in [0.5, 0.6) is 0 Å². The lowest BCUT2D eigenvalue weighted by Crippen LogP contribution is -2.19. The minimum atomic E-state index is 0.639. The minimum absolute atomic E-state index is 0.639. The normalized spacial score (nSPS) is 11.3. The highest BCUT2D eigenvalue weighted by molar-refractivity contribution is 5.01. The molecule has 1 heterocycles. The van der Waals surface area contributed by atoms with Gasteiger partial charge < -0.3 is 19.8 Å². The fraction of sp³-hybridized carbons (Fsp3) is 0.769. The van der Waals surface area contributed by atoms with Crippen molar-refractivity contribution in [3.8, 4) is 0 Å². The van der Waals surface area contributed by atoms with Crippen LogP contribution in [0.4, 0.5) is 0 Å². The van der Waals surface area contributed by atoms with Crippen molar-refractivity contribution in [2.75, 3.05) is 33.5 Å². The van der Waals surface area contributed by atoms with E-state index in [1.165, 1.54) is 0 Å². The van der Waals surface area contributed by atoms with Gasteiger partial charge in [-0.15, -0.1) is 0 Å². The molecule has 0 aliphatic carbocycles. The van der Waals surface area contributed by atoms with E-state index in [-0.39, 0.29) is 0 Å². The third-order valence-electron chi connectivity index (χ3n) is 2.46. The Morgan fingerprint density at radius 1 is 1.33 bits per heavy atom. The van der Waals surface area contributed by atoms with E-state index in [4.69, 9.17) is 9.47 Å². The van der Waals surface area contributed by atoms with E-state index in [0.717, 1.165) is 31.0 Å². The summed E-state index contributed by atoms with van der Waals surface area (Å²) in [5, 5.41) is 3.38. The van der Waals surface area contributed by atoms with Crippen LogP contribution in [0.2, 0.25) is 0 Å². The van der Waals surface area contributed by atoms with E-state index < -0.39 is 0 Å². The van der Waals surface area contributed by atoms with Gasteiger partial charge in [0.1, 0.15) is 5.82 Å². The van der Waals surface area contributed by atoms with Gasteiger partial charge in [0.25, 0.3) is 0 Å². The van der Waals surface area contributed by atoms with Crippen molar-refractivity contribution in [1.82, 2.24) is 15.3 Å². The molecular weight excluding hydrogens is 230 g/mol. The molecule has 0 unspecified atom stereocenters. The molecule has 18 heavy (non-hydrogen) atoms. The van der Waals surface area contributed by atoms with E-state index in [1.807, 2.05) is 6.20 Å². The van der Waals surface area contributed by atoms with Gasteiger partial charge in [0, 0.05) is 32.0 Å². The molecule has 0 saturated carbocycles. The highest BCUT2D eigenvalue weighted by atomic mass is 16.5. The quantitative estimate of drug-likeness (QED) is 0.620. The topological polar surface area (TPSA) is 59.2 Å². The van der Waals surface area contributed by atoms with Gasteiger partial charge in [-0.3, -0.25) is 0 Å². The van der Waals surface area contributed by atoms with Crippen molar-refractivity contribution in [2.45, 2.75) is 26.8 Å². The summed E-state index contributed by atoms with van der Waals surface area (Å²) in [6.07, 6.45) is 2.70. The van der Waals surface area contributed by atoms with Crippen LogP contribution in [0, 0.1) is 5.92 Å². The number of nitrogens with zero attached hydrogens (tertiary/aromatic N) is 1. The van der Waals surface area contributed by atoms with Gasteiger partial charge in [-0.1, -0.05) is 13.8 Å². The maximum absolute atomic E-state index is 5.40. The molecule has 0 fully saturated rings. The lowest BCUT2D eigenvalue weighted by atomic mass is 10.2. The molecule has 0 bridgehead atoms. The van der Waals surface area contributed by atoms with Gasteiger partial charge >= 0.3 is 0 Å². The number of aromatic nitrogens is 2. The zero-order valence-corrected chi connectivity index (χ0v) is 11.7. The Morgan fingerprint density at radius 3 is 2.89 bits per heavy atom. The highest BCUT2D eigenvalue weighted by Gasteiger charge is 2.01. The molecule has 0 aliphatic rings. The summed E-state index contributed by atoms with van der Waals surface area (Å²) in [5.74, 6) is 1.65. The number of H-pyrrole nitrogens is 1. The molecule has 0 atom stereocenters. The Labute approximate surface area is 109 Å².